The second kappa shape index (κ2) is 5.53. The minimum atomic E-state index is -0.467. The van der Waals surface area contributed by atoms with E-state index in [0.29, 0.717) is 22.0 Å². The predicted octanol–water partition coefficient (Wildman–Crippen LogP) is 1.53. The van der Waals surface area contributed by atoms with E-state index in [2.05, 4.69) is 25.3 Å². The van der Waals surface area contributed by atoms with Gasteiger partial charge in [0, 0.05) is 5.69 Å². The lowest BCUT2D eigenvalue weighted by molar-refractivity contribution is 0.0600. The van der Waals surface area contributed by atoms with Crippen molar-refractivity contribution in [1.82, 2.24) is 19.8 Å². The Kier molecular flexibility index (Phi) is 3.55. The number of hydrogen-bond donors (Lipinski definition) is 1. The van der Waals surface area contributed by atoms with Gasteiger partial charge in [0.25, 0.3) is 5.91 Å². The van der Waals surface area contributed by atoms with Gasteiger partial charge in [0.1, 0.15) is 0 Å². The van der Waals surface area contributed by atoms with Crippen LogP contribution in [-0.4, -0.2) is 38.8 Å². The number of aromatic nitrogens is 4. The number of nitrogens with one attached hydrogen (secondary N) is 1. The topological polar surface area (TPSA) is 98.5 Å². The van der Waals surface area contributed by atoms with Gasteiger partial charge in [0.05, 0.1) is 12.7 Å². The van der Waals surface area contributed by atoms with E-state index < -0.39 is 5.97 Å². The molecule has 9 heteroatoms. The van der Waals surface area contributed by atoms with Crippen LogP contribution in [0, 0.1) is 6.92 Å². The summed E-state index contributed by atoms with van der Waals surface area (Å²) >= 11 is 1.14. The van der Waals surface area contributed by atoms with Crippen molar-refractivity contribution in [2.45, 2.75) is 6.92 Å². The standard InChI is InChI=1S/C13H11N5O3S/c1-7-15-16-13-18(7)17-11(22-13)10(19)14-9-5-3-4-8(6-9)12(20)21-2/h3-6H,1-2H3,(H,14,19). The van der Waals surface area contributed by atoms with Crippen molar-refractivity contribution in [2.75, 3.05) is 12.4 Å². The van der Waals surface area contributed by atoms with E-state index in [9.17, 15) is 9.59 Å². The number of fused-ring (bicyclic) bond motifs is 1. The molecule has 3 aromatic rings. The number of ether oxygens (including phenoxy) is 1. The van der Waals surface area contributed by atoms with E-state index in [1.54, 1.807) is 25.1 Å². The largest absolute Gasteiger partial charge is 0.465 e. The minimum Gasteiger partial charge on any atom is -0.465 e. The van der Waals surface area contributed by atoms with Gasteiger partial charge in [-0.15, -0.1) is 15.3 Å². The molecule has 0 saturated carbocycles. The average molecular weight is 317 g/mol. The molecule has 0 unspecified atom stereocenters. The van der Waals surface area contributed by atoms with Crippen molar-refractivity contribution in [2.24, 2.45) is 0 Å². The molecule has 1 aromatic carbocycles. The molecule has 0 aliphatic rings. The molecule has 3 rings (SSSR count). The summed E-state index contributed by atoms with van der Waals surface area (Å²) in [4.78, 5) is 24.2. The Hall–Kier alpha value is -2.81. The molecule has 0 radical (unpaired) electrons. The van der Waals surface area contributed by atoms with Gasteiger partial charge in [-0.05, 0) is 25.1 Å². The average Bonchev–Trinajstić information content (AvgIpc) is 3.09. The summed E-state index contributed by atoms with van der Waals surface area (Å²) in [5.74, 6) is -0.236. The highest BCUT2D eigenvalue weighted by molar-refractivity contribution is 7.18. The number of carbonyl (C=O) groups excluding carboxylic acids is 2. The Balaban J connectivity index is 1.83. The molecule has 0 aliphatic heterocycles. The molecule has 0 fully saturated rings. The lowest BCUT2D eigenvalue weighted by Gasteiger charge is -2.04. The molecule has 0 saturated heterocycles. The Morgan fingerprint density at radius 1 is 1.32 bits per heavy atom. The molecule has 2 heterocycles. The first kappa shape index (κ1) is 14.1. The lowest BCUT2D eigenvalue weighted by Crippen LogP contribution is -2.13. The third-order valence-electron chi connectivity index (χ3n) is 2.88. The van der Waals surface area contributed by atoms with Crippen molar-refractivity contribution < 1.29 is 14.3 Å². The van der Waals surface area contributed by atoms with Crippen LogP contribution < -0.4 is 5.32 Å². The number of hydrogen-bond acceptors (Lipinski definition) is 7. The number of benzene rings is 1. The Morgan fingerprint density at radius 2 is 2.14 bits per heavy atom. The third kappa shape index (κ3) is 2.53. The Labute approximate surface area is 128 Å². The van der Waals surface area contributed by atoms with E-state index in [-0.39, 0.29) is 10.9 Å². The first-order valence-corrected chi connectivity index (χ1v) is 7.08. The van der Waals surface area contributed by atoms with Gasteiger partial charge in [-0.25, -0.2) is 4.79 Å². The first-order chi connectivity index (χ1) is 10.6. The highest BCUT2D eigenvalue weighted by Crippen LogP contribution is 2.17. The molecular formula is C13H11N5O3S. The SMILES string of the molecule is COC(=O)c1cccc(NC(=O)c2nn3c(C)nnc3s2)c1. The van der Waals surface area contributed by atoms with E-state index in [0.717, 1.165) is 11.3 Å². The Bertz CT molecular complexity index is 870. The number of anilines is 1. The third-order valence-corrected chi connectivity index (χ3v) is 3.78. The lowest BCUT2D eigenvalue weighted by atomic mass is 10.2. The summed E-state index contributed by atoms with van der Waals surface area (Å²) in [5, 5.41) is 14.9. The van der Waals surface area contributed by atoms with E-state index >= 15 is 0 Å². The molecule has 0 bridgehead atoms. The van der Waals surface area contributed by atoms with Crippen molar-refractivity contribution in [1.29, 1.82) is 0 Å². The minimum absolute atomic E-state index is 0.261. The normalized spacial score (nSPS) is 10.6. The van der Waals surface area contributed by atoms with Crippen LogP contribution >= 0.6 is 11.3 Å². The molecular weight excluding hydrogens is 306 g/mol. The number of rotatable bonds is 3. The maximum Gasteiger partial charge on any atom is 0.337 e. The maximum absolute atomic E-state index is 12.2. The fraction of sp³-hybridized carbons (Fsp3) is 0.154. The van der Waals surface area contributed by atoms with Crippen LogP contribution in [0.1, 0.15) is 26.0 Å². The van der Waals surface area contributed by atoms with Crippen LogP contribution in [0.4, 0.5) is 5.69 Å². The molecule has 2 aromatic heterocycles. The Morgan fingerprint density at radius 3 is 2.86 bits per heavy atom. The number of nitrogens with zero attached hydrogens (tertiary/aromatic N) is 4. The van der Waals surface area contributed by atoms with Gasteiger partial charge in [-0.2, -0.15) is 4.52 Å². The first-order valence-electron chi connectivity index (χ1n) is 6.27. The van der Waals surface area contributed by atoms with Crippen LogP contribution in [-0.2, 0) is 4.74 Å². The smallest absolute Gasteiger partial charge is 0.337 e. The van der Waals surface area contributed by atoms with Gasteiger partial charge in [0.2, 0.25) is 9.97 Å². The number of methoxy groups -OCH3 is 1. The summed E-state index contributed by atoms with van der Waals surface area (Å²) in [6.07, 6.45) is 0. The second-order valence-electron chi connectivity index (χ2n) is 4.38. The molecule has 8 nitrogen and oxygen atoms in total. The van der Waals surface area contributed by atoms with Crippen molar-refractivity contribution in [3.05, 3.63) is 40.7 Å². The molecule has 0 spiro atoms. The zero-order valence-electron chi connectivity index (χ0n) is 11.7. The summed E-state index contributed by atoms with van der Waals surface area (Å²) in [7, 11) is 1.30. The van der Waals surface area contributed by atoms with E-state index in [4.69, 9.17) is 0 Å². The van der Waals surface area contributed by atoms with E-state index in [1.807, 2.05) is 0 Å². The fourth-order valence-electron chi connectivity index (χ4n) is 1.83. The number of amides is 1. The monoisotopic (exact) mass is 317 g/mol. The van der Waals surface area contributed by atoms with Gasteiger partial charge in [0.15, 0.2) is 5.82 Å². The molecule has 0 atom stereocenters. The second-order valence-corrected chi connectivity index (χ2v) is 5.33. The highest BCUT2D eigenvalue weighted by atomic mass is 32.1. The molecule has 22 heavy (non-hydrogen) atoms. The van der Waals surface area contributed by atoms with Crippen molar-refractivity contribution in [3.63, 3.8) is 0 Å². The van der Waals surface area contributed by atoms with Crippen LogP contribution in [0.3, 0.4) is 0 Å². The summed E-state index contributed by atoms with van der Waals surface area (Å²) in [5.41, 5.74) is 0.838. The summed E-state index contributed by atoms with van der Waals surface area (Å²) in [6.45, 7) is 1.75. The zero-order valence-corrected chi connectivity index (χ0v) is 12.5. The summed E-state index contributed by atoms with van der Waals surface area (Å²) < 4.78 is 6.15. The van der Waals surface area contributed by atoms with Crippen LogP contribution in [0.2, 0.25) is 0 Å². The van der Waals surface area contributed by atoms with Gasteiger partial charge >= 0.3 is 5.97 Å². The number of carbonyl (C=O) groups is 2. The van der Waals surface area contributed by atoms with Gasteiger partial charge < -0.3 is 10.1 Å². The van der Waals surface area contributed by atoms with E-state index in [1.165, 1.54) is 17.7 Å². The molecule has 112 valence electrons. The van der Waals surface area contributed by atoms with Crippen molar-refractivity contribution in [3.8, 4) is 0 Å². The van der Waals surface area contributed by atoms with Crippen LogP contribution in [0.5, 0.6) is 0 Å². The quantitative estimate of drug-likeness (QED) is 0.736. The summed E-state index contributed by atoms with van der Waals surface area (Å²) in [6, 6.07) is 6.48. The zero-order chi connectivity index (χ0) is 15.7. The molecule has 1 amide bonds. The predicted molar refractivity (Wildman–Crippen MR) is 79.1 cm³/mol. The highest BCUT2D eigenvalue weighted by Gasteiger charge is 2.16. The maximum atomic E-state index is 12.2. The fourth-order valence-corrected chi connectivity index (χ4v) is 2.61. The molecule has 0 aliphatic carbocycles. The number of aryl methyl sites for hydroxylation is 1. The van der Waals surface area contributed by atoms with Gasteiger partial charge in [-0.3, -0.25) is 4.79 Å². The van der Waals surface area contributed by atoms with Gasteiger partial charge in [-0.1, -0.05) is 17.4 Å². The van der Waals surface area contributed by atoms with Crippen molar-refractivity contribution >= 4 is 33.9 Å². The van der Waals surface area contributed by atoms with Crippen LogP contribution in [0.25, 0.3) is 4.96 Å². The number of esters is 1. The molecule has 1 N–H and O–H groups in total. The van der Waals surface area contributed by atoms with Crippen LogP contribution in [0.15, 0.2) is 24.3 Å².